The monoisotopic (exact) mass is 296 g/mol. The molecule has 0 bridgehead atoms. The van der Waals surface area contributed by atoms with Gasteiger partial charge >= 0.3 is 12.5 Å². The molecule has 2 heterocycles. The summed E-state index contributed by atoms with van der Waals surface area (Å²) in [5, 5.41) is 3.72. The highest BCUT2D eigenvalue weighted by Gasteiger charge is 2.19. The first-order chi connectivity index (χ1) is 9.99. The minimum absolute atomic E-state index is 0.00620. The van der Waals surface area contributed by atoms with Gasteiger partial charge in [-0.15, -0.1) is 0 Å². The first kappa shape index (κ1) is 15.0. The normalized spacial score (nSPS) is 10.9. The molecule has 0 aliphatic heterocycles. The van der Waals surface area contributed by atoms with Crippen molar-refractivity contribution < 1.29 is 18.3 Å². The quantitative estimate of drug-likeness (QED) is 0.789. The van der Waals surface area contributed by atoms with Gasteiger partial charge in [-0.1, -0.05) is 0 Å². The number of hydrogen-bond donors (Lipinski definition) is 0. The average Bonchev–Trinajstić information content (AvgIpc) is 2.74. The zero-order chi connectivity index (χ0) is 15.4. The van der Waals surface area contributed by atoms with Gasteiger partial charge in [0.25, 0.3) is 0 Å². The fourth-order valence-corrected chi connectivity index (χ4v) is 1.90. The zero-order valence-electron chi connectivity index (χ0n) is 11.6. The van der Waals surface area contributed by atoms with E-state index in [0.29, 0.717) is 21.6 Å². The van der Waals surface area contributed by atoms with Gasteiger partial charge in [0.2, 0.25) is 0 Å². The lowest BCUT2D eigenvalue weighted by atomic mass is 10.1. The van der Waals surface area contributed by atoms with E-state index in [1.165, 1.54) is 25.5 Å². The molecule has 0 saturated carbocycles. The molecule has 0 radical (unpaired) electrons. The van der Waals surface area contributed by atoms with Crippen molar-refractivity contribution in [1.82, 2.24) is 19.7 Å². The summed E-state index contributed by atoms with van der Waals surface area (Å²) in [5.74, 6) is -0.527. The maximum absolute atomic E-state index is 12.7. The Morgan fingerprint density at radius 3 is 2.71 bits per heavy atom. The van der Waals surface area contributed by atoms with Crippen LogP contribution in [-0.2, 0) is 22.6 Å². The minimum Gasteiger partial charge on any atom is -0.459 e. The highest BCUT2D eigenvalue weighted by atomic mass is 19.3. The summed E-state index contributed by atoms with van der Waals surface area (Å²) in [6, 6.07) is 0. The van der Waals surface area contributed by atoms with Gasteiger partial charge in [0.1, 0.15) is 6.61 Å². The molecule has 0 amide bonds. The maximum atomic E-state index is 12.7. The van der Waals surface area contributed by atoms with E-state index in [9.17, 15) is 13.6 Å². The van der Waals surface area contributed by atoms with E-state index in [1.54, 1.807) is 6.92 Å². The zero-order valence-corrected chi connectivity index (χ0v) is 11.6. The first-order valence-corrected chi connectivity index (χ1v) is 6.22. The van der Waals surface area contributed by atoms with Crippen LogP contribution in [0.1, 0.15) is 29.2 Å². The van der Waals surface area contributed by atoms with Crippen molar-refractivity contribution in [2.24, 2.45) is 0 Å². The molecule has 0 fully saturated rings. The summed E-state index contributed by atoms with van der Waals surface area (Å²) in [6.45, 7) is 0.343. The molecule has 2 aromatic rings. The summed E-state index contributed by atoms with van der Waals surface area (Å²) < 4.78 is 31.0. The fourth-order valence-electron chi connectivity index (χ4n) is 1.90. The third kappa shape index (κ3) is 3.59. The summed E-state index contributed by atoms with van der Waals surface area (Å²) in [6.07, 6.45) is 4.38. The van der Waals surface area contributed by atoms with Crippen LogP contribution in [-0.4, -0.2) is 25.7 Å². The third-order valence-corrected chi connectivity index (χ3v) is 2.98. The van der Waals surface area contributed by atoms with Crippen LogP contribution in [0.15, 0.2) is 18.6 Å². The molecule has 0 aromatic carbocycles. The Labute approximate surface area is 119 Å². The number of aromatic nitrogens is 4. The SMILES string of the molecule is Cc1nn(C(F)F)c(C)c1CC(=O)OCc1cnccn1. The number of esters is 1. The van der Waals surface area contributed by atoms with Gasteiger partial charge in [-0.05, 0) is 13.8 Å². The van der Waals surface area contributed by atoms with E-state index in [-0.39, 0.29) is 18.7 Å². The first-order valence-electron chi connectivity index (χ1n) is 6.22. The maximum Gasteiger partial charge on any atom is 0.333 e. The highest BCUT2D eigenvalue weighted by Crippen LogP contribution is 2.20. The van der Waals surface area contributed by atoms with Crippen LogP contribution < -0.4 is 0 Å². The van der Waals surface area contributed by atoms with Gasteiger partial charge in [0.15, 0.2) is 0 Å². The van der Waals surface area contributed by atoms with E-state index in [2.05, 4.69) is 15.1 Å². The topological polar surface area (TPSA) is 69.9 Å². The number of nitrogens with zero attached hydrogens (tertiary/aromatic N) is 4. The molecule has 2 aromatic heterocycles. The van der Waals surface area contributed by atoms with E-state index in [4.69, 9.17) is 4.74 Å². The predicted octanol–water partition coefficient (Wildman–Crippen LogP) is 1.97. The number of ether oxygens (including phenoxy) is 1. The molecule has 0 unspecified atom stereocenters. The predicted molar refractivity (Wildman–Crippen MR) is 68.5 cm³/mol. The molecule has 0 spiro atoms. The minimum atomic E-state index is -2.73. The van der Waals surface area contributed by atoms with Crippen molar-refractivity contribution >= 4 is 5.97 Å². The van der Waals surface area contributed by atoms with Crippen LogP contribution in [0.4, 0.5) is 8.78 Å². The average molecular weight is 296 g/mol. The van der Waals surface area contributed by atoms with Gasteiger partial charge in [0.05, 0.1) is 24.0 Å². The molecule has 0 atom stereocenters. The van der Waals surface area contributed by atoms with Gasteiger partial charge in [-0.2, -0.15) is 13.9 Å². The number of alkyl halides is 2. The van der Waals surface area contributed by atoms with Crippen LogP contribution in [0, 0.1) is 13.8 Å². The largest absolute Gasteiger partial charge is 0.459 e. The number of hydrogen-bond acceptors (Lipinski definition) is 5. The van der Waals surface area contributed by atoms with E-state index in [0.717, 1.165) is 0 Å². The molecule has 0 aliphatic rings. The second-order valence-corrected chi connectivity index (χ2v) is 4.41. The summed E-state index contributed by atoms with van der Waals surface area (Å²) in [4.78, 5) is 19.6. The standard InChI is InChI=1S/C13H14F2N4O2/c1-8-11(9(2)19(18-8)13(14)15)5-12(20)21-7-10-6-16-3-4-17-10/h3-4,6,13H,5,7H2,1-2H3. The lowest BCUT2D eigenvalue weighted by Gasteiger charge is -2.05. The van der Waals surface area contributed by atoms with Crippen molar-refractivity contribution in [2.45, 2.75) is 33.4 Å². The Kier molecular flexibility index (Phi) is 4.56. The fraction of sp³-hybridized carbons (Fsp3) is 0.385. The molecule has 112 valence electrons. The second kappa shape index (κ2) is 6.38. The molecule has 8 heteroatoms. The number of rotatable bonds is 5. The summed E-state index contributed by atoms with van der Waals surface area (Å²) in [7, 11) is 0. The summed E-state index contributed by atoms with van der Waals surface area (Å²) >= 11 is 0. The van der Waals surface area contributed by atoms with Crippen molar-refractivity contribution in [2.75, 3.05) is 0 Å². The van der Waals surface area contributed by atoms with E-state index >= 15 is 0 Å². The highest BCUT2D eigenvalue weighted by molar-refractivity contribution is 5.73. The van der Waals surface area contributed by atoms with E-state index in [1.807, 2.05) is 0 Å². The van der Waals surface area contributed by atoms with Crippen LogP contribution >= 0.6 is 0 Å². The van der Waals surface area contributed by atoms with Gasteiger partial charge in [-0.3, -0.25) is 14.8 Å². The van der Waals surface area contributed by atoms with Gasteiger partial charge in [-0.25, -0.2) is 4.68 Å². The third-order valence-electron chi connectivity index (χ3n) is 2.98. The molecular weight excluding hydrogens is 282 g/mol. The number of aryl methyl sites for hydroxylation is 1. The molecular formula is C13H14F2N4O2. The molecule has 21 heavy (non-hydrogen) atoms. The summed E-state index contributed by atoms with van der Waals surface area (Å²) in [5.41, 5.74) is 1.63. The smallest absolute Gasteiger partial charge is 0.333 e. The number of carbonyl (C=O) groups excluding carboxylic acids is 1. The van der Waals surface area contributed by atoms with Crippen LogP contribution in [0.25, 0.3) is 0 Å². The van der Waals surface area contributed by atoms with Crippen molar-refractivity contribution in [3.8, 4) is 0 Å². The molecule has 6 nitrogen and oxygen atoms in total. The Morgan fingerprint density at radius 1 is 1.38 bits per heavy atom. The van der Waals surface area contributed by atoms with Gasteiger partial charge in [0, 0.05) is 23.7 Å². The lowest BCUT2D eigenvalue weighted by Crippen LogP contribution is -2.10. The Bertz CT molecular complexity index is 629. The molecule has 2 rings (SSSR count). The Morgan fingerprint density at radius 2 is 2.14 bits per heavy atom. The van der Waals surface area contributed by atoms with Crippen molar-refractivity contribution in [3.05, 3.63) is 41.2 Å². The molecule has 0 N–H and O–H groups in total. The Balaban J connectivity index is 2.00. The van der Waals surface area contributed by atoms with Crippen LogP contribution in [0.3, 0.4) is 0 Å². The van der Waals surface area contributed by atoms with Crippen LogP contribution in [0.5, 0.6) is 0 Å². The Hall–Kier alpha value is -2.38. The molecule has 0 aliphatic carbocycles. The van der Waals surface area contributed by atoms with Crippen LogP contribution in [0.2, 0.25) is 0 Å². The number of carbonyl (C=O) groups is 1. The second-order valence-electron chi connectivity index (χ2n) is 4.41. The van der Waals surface area contributed by atoms with Gasteiger partial charge < -0.3 is 4.74 Å². The van der Waals surface area contributed by atoms with E-state index < -0.39 is 12.5 Å². The van der Waals surface area contributed by atoms with Crippen molar-refractivity contribution in [3.63, 3.8) is 0 Å². The van der Waals surface area contributed by atoms with Crippen molar-refractivity contribution in [1.29, 1.82) is 0 Å². The lowest BCUT2D eigenvalue weighted by molar-refractivity contribution is -0.144. The molecule has 0 saturated heterocycles. The number of halogens is 2.